The van der Waals surface area contributed by atoms with Crippen LogP contribution in [0.3, 0.4) is 0 Å². The first kappa shape index (κ1) is 10.9. The Labute approximate surface area is 121 Å². The summed E-state index contributed by atoms with van der Waals surface area (Å²) in [4.78, 5) is 0. The minimum absolute atomic E-state index is 0.352. The molecule has 0 atom stereocenters. The first-order valence-corrected chi connectivity index (χ1v) is 7.11. The molecule has 0 aliphatic rings. The predicted octanol–water partition coefficient (Wildman–Crippen LogP) is 5.44. The van der Waals surface area contributed by atoms with E-state index in [9.17, 15) is 5.11 Å². The third-order valence-electron chi connectivity index (χ3n) is 4.48. The van der Waals surface area contributed by atoms with E-state index in [1.165, 1.54) is 32.3 Å². The van der Waals surface area contributed by atoms with E-state index in [-0.39, 0.29) is 0 Å². The van der Waals surface area contributed by atoms with Gasteiger partial charge in [0.1, 0.15) is 5.75 Å². The Morgan fingerprint density at radius 3 is 2.19 bits per heavy atom. The molecule has 0 aliphatic heterocycles. The molecule has 1 heteroatoms. The lowest BCUT2D eigenvalue weighted by Crippen LogP contribution is -1.85. The molecule has 0 fully saturated rings. The lowest BCUT2D eigenvalue weighted by molar-refractivity contribution is 0.482. The standard InChI is InChI=1S/C20H12O/c21-18-10-7-12-5-8-16-15-4-2-1-3-13(15)11-14-6-9-17(18)19(12)20(14)16/h1-11,21H/i6+1,9+1,11+1,13+1,14+1,15+1. The van der Waals surface area contributed by atoms with Crippen LogP contribution in [0.25, 0.3) is 43.1 Å². The smallest absolute Gasteiger partial charge is 0.123 e. The summed E-state index contributed by atoms with van der Waals surface area (Å²) in [6.45, 7) is 0. The van der Waals surface area contributed by atoms with Gasteiger partial charge < -0.3 is 5.11 Å². The van der Waals surface area contributed by atoms with Gasteiger partial charge in [-0.25, -0.2) is 0 Å². The van der Waals surface area contributed by atoms with Crippen molar-refractivity contribution in [3.05, 3.63) is 66.7 Å². The highest BCUT2D eigenvalue weighted by Gasteiger charge is 2.12. The lowest BCUT2D eigenvalue weighted by Gasteiger charge is -2.13. The molecule has 21 heavy (non-hydrogen) atoms. The zero-order valence-electron chi connectivity index (χ0n) is 11.3. The van der Waals surface area contributed by atoms with Crippen molar-refractivity contribution in [3.63, 3.8) is 0 Å². The number of fused-ring (bicyclic) bond motifs is 2. The van der Waals surface area contributed by atoms with E-state index in [1.54, 1.807) is 6.07 Å². The van der Waals surface area contributed by atoms with Crippen LogP contribution in [0.5, 0.6) is 5.75 Å². The van der Waals surface area contributed by atoms with E-state index >= 15 is 0 Å². The predicted molar refractivity (Wildman–Crippen MR) is 89.3 cm³/mol. The van der Waals surface area contributed by atoms with Crippen LogP contribution >= 0.6 is 0 Å². The fourth-order valence-electron chi connectivity index (χ4n) is 3.54. The van der Waals surface area contributed by atoms with Crippen molar-refractivity contribution >= 4 is 43.1 Å². The summed E-state index contributed by atoms with van der Waals surface area (Å²) in [5.74, 6) is 0.352. The number of aromatic hydroxyl groups is 1. The zero-order valence-corrected chi connectivity index (χ0v) is 11.3. The van der Waals surface area contributed by atoms with E-state index in [1.807, 2.05) is 12.1 Å². The summed E-state index contributed by atoms with van der Waals surface area (Å²) in [6, 6.07) is 23.0. The van der Waals surface area contributed by atoms with Crippen molar-refractivity contribution in [1.29, 1.82) is 0 Å². The molecule has 0 saturated carbocycles. The van der Waals surface area contributed by atoms with Crippen molar-refractivity contribution in [1.82, 2.24) is 0 Å². The van der Waals surface area contributed by atoms with Gasteiger partial charge in [0, 0.05) is 10.8 Å². The number of hydrogen-bond donors (Lipinski definition) is 1. The van der Waals surface area contributed by atoms with Crippen LogP contribution in [0.4, 0.5) is 0 Å². The van der Waals surface area contributed by atoms with Gasteiger partial charge in [0.05, 0.1) is 0 Å². The van der Waals surface area contributed by atoms with Gasteiger partial charge in [-0.3, -0.25) is 0 Å². The summed E-state index contributed by atoms with van der Waals surface area (Å²) in [5.41, 5.74) is 0. The molecule has 5 rings (SSSR count). The molecule has 0 amide bonds. The second-order valence-corrected chi connectivity index (χ2v) is 5.60. The Morgan fingerprint density at radius 1 is 0.524 bits per heavy atom. The van der Waals surface area contributed by atoms with Crippen LogP contribution in [-0.2, 0) is 0 Å². The average molecular weight is 274 g/mol. The van der Waals surface area contributed by atoms with Crippen molar-refractivity contribution in [2.45, 2.75) is 0 Å². The topological polar surface area (TPSA) is 20.2 Å². The van der Waals surface area contributed by atoms with Crippen molar-refractivity contribution in [2.75, 3.05) is 0 Å². The highest BCUT2D eigenvalue weighted by Crippen LogP contribution is 2.40. The molecule has 98 valence electrons. The van der Waals surface area contributed by atoms with Crippen LogP contribution in [-0.4, -0.2) is 5.11 Å². The molecule has 5 aromatic rings. The first-order chi connectivity index (χ1) is 10.3. The molecule has 0 radical (unpaired) electrons. The van der Waals surface area contributed by atoms with Gasteiger partial charge in [-0.15, -0.1) is 0 Å². The number of phenolic OH excluding ortho intramolecular Hbond substituents is 1. The number of hydrogen-bond acceptors (Lipinski definition) is 1. The Hall–Kier alpha value is -2.80. The minimum atomic E-state index is 0.352. The molecule has 0 bridgehead atoms. The Morgan fingerprint density at radius 2 is 1.24 bits per heavy atom. The van der Waals surface area contributed by atoms with Gasteiger partial charge >= 0.3 is 0 Å². The fraction of sp³-hybridized carbons (Fsp3) is 0. The van der Waals surface area contributed by atoms with Crippen molar-refractivity contribution in [3.8, 4) is 5.75 Å². The first-order valence-electron chi connectivity index (χ1n) is 7.11. The van der Waals surface area contributed by atoms with E-state index in [2.05, 4.69) is 48.5 Å². The van der Waals surface area contributed by atoms with E-state index in [0.29, 0.717) is 5.75 Å². The van der Waals surface area contributed by atoms with E-state index in [0.717, 1.165) is 10.8 Å². The van der Waals surface area contributed by atoms with Gasteiger partial charge in [0.15, 0.2) is 0 Å². The molecule has 0 heterocycles. The van der Waals surface area contributed by atoms with Crippen molar-refractivity contribution < 1.29 is 5.11 Å². The van der Waals surface area contributed by atoms with Crippen LogP contribution in [0, 0.1) is 0 Å². The maximum Gasteiger partial charge on any atom is 0.123 e. The fourth-order valence-corrected chi connectivity index (χ4v) is 3.54. The van der Waals surface area contributed by atoms with Gasteiger partial charge in [-0.05, 0) is 44.5 Å². The third-order valence-corrected chi connectivity index (χ3v) is 4.48. The van der Waals surface area contributed by atoms with E-state index < -0.39 is 0 Å². The van der Waals surface area contributed by atoms with Gasteiger partial charge in [-0.2, -0.15) is 0 Å². The Bertz CT molecular complexity index is 1140. The van der Waals surface area contributed by atoms with Crippen LogP contribution in [0.1, 0.15) is 0 Å². The van der Waals surface area contributed by atoms with Crippen LogP contribution < -0.4 is 0 Å². The molecule has 1 nitrogen and oxygen atoms in total. The molecular weight excluding hydrogens is 262 g/mol. The van der Waals surface area contributed by atoms with Crippen LogP contribution in [0.15, 0.2) is 66.7 Å². The molecule has 0 unspecified atom stereocenters. The van der Waals surface area contributed by atoms with Gasteiger partial charge in [0.25, 0.3) is 0 Å². The summed E-state index contributed by atoms with van der Waals surface area (Å²) < 4.78 is 0. The summed E-state index contributed by atoms with van der Waals surface area (Å²) in [6.07, 6.45) is 0. The molecular formula is C20H12O. The van der Waals surface area contributed by atoms with Crippen LogP contribution in [0.2, 0.25) is 0 Å². The monoisotopic (exact) mass is 274 g/mol. The molecule has 1 N–H and O–H groups in total. The average Bonchev–Trinajstić information content (AvgIpc) is 2.53. The van der Waals surface area contributed by atoms with Gasteiger partial charge in [-0.1, -0.05) is 54.6 Å². The summed E-state index contributed by atoms with van der Waals surface area (Å²) in [7, 11) is 0. The minimum Gasteiger partial charge on any atom is -0.507 e. The van der Waals surface area contributed by atoms with Crippen molar-refractivity contribution in [2.24, 2.45) is 0 Å². The SMILES string of the molecule is Oc1ccc2ccc3c4c2c1[13cH][13cH][13c]4[13cH][13c]1cccc[13c]31. The Kier molecular flexibility index (Phi) is 1.90. The quantitative estimate of drug-likeness (QED) is 0.294. The molecule has 0 aromatic heterocycles. The van der Waals surface area contributed by atoms with E-state index in [4.69, 9.17) is 0 Å². The molecule has 0 spiro atoms. The highest BCUT2D eigenvalue weighted by atomic mass is 16.3. The largest absolute Gasteiger partial charge is 0.507 e. The third kappa shape index (κ3) is 1.30. The maximum atomic E-state index is 10.2. The normalized spacial score (nSPS) is 12.0. The Balaban J connectivity index is 2.21. The zero-order chi connectivity index (χ0) is 14.0. The maximum absolute atomic E-state index is 10.2. The number of phenols is 1. The highest BCUT2D eigenvalue weighted by molar-refractivity contribution is 6.29. The molecule has 5 aromatic carbocycles. The molecule has 0 saturated heterocycles. The van der Waals surface area contributed by atoms with Gasteiger partial charge in [0.2, 0.25) is 0 Å². The second-order valence-electron chi connectivity index (χ2n) is 5.60. The number of rotatable bonds is 0. The second kappa shape index (κ2) is 3.64. The summed E-state index contributed by atoms with van der Waals surface area (Å²) >= 11 is 0. The number of benzene rings is 5. The lowest BCUT2D eigenvalue weighted by atomic mass is 10.0. The summed E-state index contributed by atoms with van der Waals surface area (Å²) in [5, 5.41) is 19.7. The molecule has 0 aliphatic carbocycles.